The number of carboxylic acids is 1. The van der Waals surface area contributed by atoms with Crippen molar-refractivity contribution in [3.05, 3.63) is 35.4 Å². The summed E-state index contributed by atoms with van der Waals surface area (Å²) in [7, 11) is 0. The Morgan fingerprint density at radius 3 is 2.72 bits per heavy atom. The van der Waals surface area contributed by atoms with Crippen LogP contribution in [0.2, 0.25) is 0 Å². The van der Waals surface area contributed by atoms with Crippen LogP contribution in [0.3, 0.4) is 0 Å². The minimum Gasteiger partial charge on any atom is -0.480 e. The highest BCUT2D eigenvalue weighted by Crippen LogP contribution is 2.41. The number of aromatic nitrogens is 2. The third-order valence-corrected chi connectivity index (χ3v) is 7.05. The molecule has 1 aromatic heterocycles. The number of aliphatic imine (C=N–C) groups is 1. The number of fused-ring (bicyclic) bond motifs is 1. The van der Waals surface area contributed by atoms with E-state index in [0.717, 1.165) is 12.8 Å². The standard InChI is InChI=1S/C23H26F3N7O3/c24-23(25,26)19(13-1-2-15-14(7-13)10-28-12-30-15)36-18-8-17(31-21(27)32-18)33-5-3-22(4-6-33)9-16(20(34)35)29-11-22/h1-2,7-8,12,16,19,29H,3-6,9-11H2,(H,28,30)(H,34,35)(H2,27,31,32). The third-order valence-electron chi connectivity index (χ3n) is 7.05. The van der Waals surface area contributed by atoms with E-state index >= 15 is 0 Å². The van der Waals surface area contributed by atoms with Gasteiger partial charge in [-0.15, -0.1) is 0 Å². The zero-order chi connectivity index (χ0) is 25.5. The lowest BCUT2D eigenvalue weighted by atomic mass is 9.76. The van der Waals surface area contributed by atoms with E-state index in [9.17, 15) is 23.1 Å². The van der Waals surface area contributed by atoms with Crippen molar-refractivity contribution < 1.29 is 27.8 Å². The molecule has 5 rings (SSSR count). The van der Waals surface area contributed by atoms with Crippen LogP contribution in [-0.4, -0.2) is 59.2 Å². The second-order valence-corrected chi connectivity index (χ2v) is 9.46. The first kappa shape index (κ1) is 24.1. The monoisotopic (exact) mass is 505 g/mol. The van der Waals surface area contributed by atoms with E-state index in [4.69, 9.17) is 10.5 Å². The SMILES string of the molecule is Nc1nc(OC(c2ccc3c(c2)CN=CN3)C(F)(F)F)cc(N2CCC3(CC2)CNC(C(=O)O)C3)n1. The van der Waals surface area contributed by atoms with Crippen LogP contribution in [0, 0.1) is 5.41 Å². The van der Waals surface area contributed by atoms with Gasteiger partial charge >= 0.3 is 12.1 Å². The Morgan fingerprint density at radius 1 is 1.25 bits per heavy atom. The van der Waals surface area contributed by atoms with Gasteiger partial charge in [-0.2, -0.15) is 23.1 Å². The lowest BCUT2D eigenvalue weighted by Crippen LogP contribution is -2.41. The highest BCUT2D eigenvalue weighted by molar-refractivity contribution is 5.79. The van der Waals surface area contributed by atoms with Crippen LogP contribution in [0.4, 0.5) is 30.6 Å². The molecule has 192 valence electrons. The summed E-state index contributed by atoms with van der Waals surface area (Å²) in [6.07, 6.45) is -3.46. The third kappa shape index (κ3) is 4.87. The number of carboxylic acid groups (broad SMARTS) is 1. The molecule has 1 aromatic carbocycles. The van der Waals surface area contributed by atoms with Gasteiger partial charge in [-0.1, -0.05) is 6.07 Å². The van der Waals surface area contributed by atoms with Crippen LogP contribution < -0.4 is 26.0 Å². The average Bonchev–Trinajstić information content (AvgIpc) is 3.25. The molecule has 0 radical (unpaired) electrons. The number of rotatable bonds is 5. The number of aliphatic carboxylic acids is 1. The summed E-state index contributed by atoms with van der Waals surface area (Å²) >= 11 is 0. The molecule has 2 aromatic rings. The van der Waals surface area contributed by atoms with Gasteiger partial charge in [0.25, 0.3) is 0 Å². The van der Waals surface area contributed by atoms with Crippen LogP contribution in [0.25, 0.3) is 0 Å². The molecule has 2 unspecified atom stereocenters. The first-order valence-electron chi connectivity index (χ1n) is 11.6. The number of nitrogens with one attached hydrogen (secondary N) is 2. The van der Waals surface area contributed by atoms with Crippen molar-refractivity contribution in [1.29, 1.82) is 0 Å². The van der Waals surface area contributed by atoms with Crippen LogP contribution in [0.5, 0.6) is 5.88 Å². The summed E-state index contributed by atoms with van der Waals surface area (Å²) in [6.45, 7) is 2.01. The minimum absolute atomic E-state index is 0.0690. The first-order chi connectivity index (χ1) is 17.1. The van der Waals surface area contributed by atoms with Crippen molar-refractivity contribution >= 4 is 29.8 Å². The number of anilines is 3. The number of ether oxygens (including phenoxy) is 1. The van der Waals surface area contributed by atoms with Gasteiger partial charge in [0.05, 0.1) is 12.9 Å². The van der Waals surface area contributed by atoms with E-state index in [1.165, 1.54) is 24.5 Å². The van der Waals surface area contributed by atoms with Gasteiger partial charge in [0.2, 0.25) is 17.9 Å². The van der Waals surface area contributed by atoms with Gasteiger partial charge in [0.15, 0.2) is 0 Å². The molecule has 10 nitrogen and oxygen atoms in total. The minimum atomic E-state index is -4.70. The Labute approximate surface area is 204 Å². The molecule has 0 amide bonds. The van der Waals surface area contributed by atoms with E-state index in [1.54, 1.807) is 6.07 Å². The maximum absolute atomic E-state index is 14.0. The van der Waals surface area contributed by atoms with E-state index in [2.05, 4.69) is 25.6 Å². The van der Waals surface area contributed by atoms with E-state index in [0.29, 0.717) is 43.1 Å². The molecule has 1 spiro atoms. The van der Waals surface area contributed by atoms with Crippen LogP contribution in [-0.2, 0) is 11.3 Å². The van der Waals surface area contributed by atoms with Crippen molar-refractivity contribution in [2.75, 3.05) is 35.6 Å². The Bertz CT molecular complexity index is 1180. The quantitative estimate of drug-likeness (QED) is 0.483. The molecule has 0 aliphatic carbocycles. The second-order valence-electron chi connectivity index (χ2n) is 9.46. The number of nitrogens with zero attached hydrogens (tertiary/aromatic N) is 4. The fourth-order valence-electron chi connectivity index (χ4n) is 5.09. The summed E-state index contributed by atoms with van der Waals surface area (Å²) < 4.78 is 47.5. The molecule has 2 saturated heterocycles. The first-order valence-corrected chi connectivity index (χ1v) is 11.6. The number of alkyl halides is 3. The maximum atomic E-state index is 14.0. The van der Waals surface area contributed by atoms with Gasteiger partial charge < -0.3 is 31.1 Å². The molecular formula is C23H26F3N7O3. The molecule has 5 N–H and O–H groups in total. The fraction of sp³-hybridized carbons (Fsp3) is 0.478. The van der Waals surface area contributed by atoms with Crippen molar-refractivity contribution in [3.63, 3.8) is 0 Å². The fourth-order valence-corrected chi connectivity index (χ4v) is 5.09. The van der Waals surface area contributed by atoms with E-state index in [1.807, 2.05) is 4.90 Å². The second kappa shape index (κ2) is 9.12. The van der Waals surface area contributed by atoms with Crippen LogP contribution >= 0.6 is 0 Å². The molecule has 2 atom stereocenters. The summed E-state index contributed by atoms with van der Waals surface area (Å²) in [6, 6.07) is 5.15. The highest BCUT2D eigenvalue weighted by atomic mass is 19.4. The Kier molecular flexibility index (Phi) is 6.10. The van der Waals surface area contributed by atoms with Crippen LogP contribution in [0.15, 0.2) is 29.3 Å². The van der Waals surface area contributed by atoms with Gasteiger partial charge in [-0.3, -0.25) is 9.79 Å². The number of nitrogen functional groups attached to an aromatic ring is 1. The normalized spacial score (nSPS) is 21.6. The molecular weight excluding hydrogens is 479 g/mol. The largest absolute Gasteiger partial charge is 0.480 e. The lowest BCUT2D eigenvalue weighted by Gasteiger charge is -2.39. The zero-order valence-corrected chi connectivity index (χ0v) is 19.3. The number of hydrogen-bond donors (Lipinski definition) is 4. The van der Waals surface area contributed by atoms with Crippen molar-refractivity contribution in [2.24, 2.45) is 10.4 Å². The number of carbonyl (C=O) groups is 1. The van der Waals surface area contributed by atoms with Crippen LogP contribution in [0.1, 0.15) is 36.5 Å². The smallest absolute Gasteiger partial charge is 0.429 e. The van der Waals surface area contributed by atoms with Crippen molar-refractivity contribution in [2.45, 2.75) is 44.1 Å². The molecule has 13 heteroatoms. The number of benzene rings is 1. The number of piperidine rings is 1. The van der Waals surface area contributed by atoms with Gasteiger partial charge in [0, 0.05) is 37.0 Å². The number of nitrogens with two attached hydrogens (primary N) is 1. The summed E-state index contributed by atoms with van der Waals surface area (Å²) in [4.78, 5) is 25.4. The van der Waals surface area contributed by atoms with Crippen molar-refractivity contribution in [1.82, 2.24) is 15.3 Å². The van der Waals surface area contributed by atoms with E-state index in [-0.39, 0.29) is 29.4 Å². The van der Waals surface area contributed by atoms with Crippen molar-refractivity contribution in [3.8, 4) is 5.88 Å². The summed E-state index contributed by atoms with van der Waals surface area (Å²) in [5.74, 6) is -0.955. The summed E-state index contributed by atoms with van der Waals surface area (Å²) in [5, 5.41) is 15.2. The Hall–Kier alpha value is -3.61. The molecule has 0 saturated carbocycles. The predicted octanol–water partition coefficient (Wildman–Crippen LogP) is 2.73. The van der Waals surface area contributed by atoms with E-state index < -0.39 is 24.3 Å². The molecule has 0 bridgehead atoms. The molecule has 3 aliphatic rings. The molecule has 3 aliphatic heterocycles. The average molecular weight is 506 g/mol. The molecule has 2 fully saturated rings. The summed E-state index contributed by atoms with van der Waals surface area (Å²) in [5.41, 5.74) is 6.97. The zero-order valence-electron chi connectivity index (χ0n) is 19.3. The number of halogens is 3. The lowest BCUT2D eigenvalue weighted by molar-refractivity contribution is -0.198. The molecule has 4 heterocycles. The van der Waals surface area contributed by atoms with Gasteiger partial charge in [-0.25, -0.2) is 0 Å². The highest BCUT2D eigenvalue weighted by Gasteiger charge is 2.45. The van der Waals surface area contributed by atoms with Gasteiger partial charge in [-0.05, 0) is 42.4 Å². The van der Waals surface area contributed by atoms with Gasteiger partial charge in [0.1, 0.15) is 11.9 Å². The Balaban J connectivity index is 1.33. The topological polar surface area (TPSA) is 138 Å². The maximum Gasteiger partial charge on any atom is 0.429 e. The molecule has 36 heavy (non-hydrogen) atoms. The number of hydrogen-bond acceptors (Lipinski definition) is 9. The Morgan fingerprint density at radius 2 is 2.03 bits per heavy atom. The predicted molar refractivity (Wildman–Crippen MR) is 126 cm³/mol.